The standard InChI is InChI=1S/C9H16N4S/c1-3-8-6-10-4-5-13(8)9-11-7(2)12-14-9/h8,10H,3-6H2,1-2H3. The van der Waals surface area contributed by atoms with Crippen molar-refractivity contribution in [2.45, 2.75) is 26.3 Å². The molecule has 1 fully saturated rings. The second-order valence-corrected chi connectivity index (χ2v) is 4.31. The molecule has 0 aliphatic carbocycles. The highest BCUT2D eigenvalue weighted by Gasteiger charge is 2.23. The van der Waals surface area contributed by atoms with Crippen LogP contribution in [-0.2, 0) is 0 Å². The van der Waals surface area contributed by atoms with E-state index in [0.717, 1.165) is 37.0 Å². The summed E-state index contributed by atoms with van der Waals surface area (Å²) in [6.07, 6.45) is 1.16. The maximum Gasteiger partial charge on any atom is 0.205 e. The summed E-state index contributed by atoms with van der Waals surface area (Å²) < 4.78 is 4.23. The van der Waals surface area contributed by atoms with Crippen molar-refractivity contribution >= 4 is 16.7 Å². The molecule has 5 heteroatoms. The summed E-state index contributed by atoms with van der Waals surface area (Å²) in [7, 11) is 0. The Morgan fingerprint density at radius 2 is 2.50 bits per heavy atom. The number of hydrogen-bond donors (Lipinski definition) is 1. The van der Waals surface area contributed by atoms with Gasteiger partial charge in [0.2, 0.25) is 5.13 Å². The molecule has 1 aliphatic rings. The molecule has 1 saturated heterocycles. The predicted octanol–water partition coefficient (Wildman–Crippen LogP) is 1.03. The topological polar surface area (TPSA) is 41.0 Å². The van der Waals surface area contributed by atoms with Gasteiger partial charge in [0, 0.05) is 37.2 Å². The molecular formula is C9H16N4S. The van der Waals surface area contributed by atoms with Gasteiger partial charge >= 0.3 is 0 Å². The van der Waals surface area contributed by atoms with Crippen LogP contribution in [0.3, 0.4) is 0 Å². The second-order valence-electron chi connectivity index (χ2n) is 3.58. The Morgan fingerprint density at radius 1 is 1.64 bits per heavy atom. The molecule has 14 heavy (non-hydrogen) atoms. The van der Waals surface area contributed by atoms with Gasteiger partial charge in [-0.05, 0) is 13.3 Å². The fraction of sp³-hybridized carbons (Fsp3) is 0.778. The lowest BCUT2D eigenvalue weighted by atomic mass is 10.1. The van der Waals surface area contributed by atoms with Gasteiger partial charge in [0.05, 0.1) is 0 Å². The molecular weight excluding hydrogens is 196 g/mol. The SMILES string of the molecule is CCC1CNCCN1c1nc(C)ns1. The van der Waals surface area contributed by atoms with Crippen LogP contribution in [0.25, 0.3) is 0 Å². The van der Waals surface area contributed by atoms with E-state index in [0.29, 0.717) is 6.04 Å². The number of nitrogens with zero attached hydrogens (tertiary/aromatic N) is 3. The molecule has 1 N–H and O–H groups in total. The first kappa shape index (κ1) is 9.86. The van der Waals surface area contributed by atoms with Crippen LogP contribution in [0.4, 0.5) is 5.13 Å². The number of piperazine rings is 1. The first-order valence-corrected chi connectivity index (χ1v) is 5.86. The van der Waals surface area contributed by atoms with E-state index in [2.05, 4.69) is 26.5 Å². The van der Waals surface area contributed by atoms with Crippen molar-refractivity contribution in [1.82, 2.24) is 14.7 Å². The summed E-state index contributed by atoms with van der Waals surface area (Å²) in [5, 5.41) is 4.49. The number of aryl methyl sites for hydroxylation is 1. The van der Waals surface area contributed by atoms with Crippen molar-refractivity contribution in [3.63, 3.8) is 0 Å². The Balaban J connectivity index is 2.14. The normalized spacial score (nSPS) is 22.7. The van der Waals surface area contributed by atoms with Crippen LogP contribution in [0.2, 0.25) is 0 Å². The van der Waals surface area contributed by atoms with E-state index in [4.69, 9.17) is 0 Å². The number of rotatable bonds is 2. The van der Waals surface area contributed by atoms with E-state index >= 15 is 0 Å². The van der Waals surface area contributed by atoms with E-state index < -0.39 is 0 Å². The molecule has 2 rings (SSSR count). The molecule has 78 valence electrons. The summed E-state index contributed by atoms with van der Waals surface area (Å²) in [4.78, 5) is 6.81. The first-order chi connectivity index (χ1) is 6.81. The van der Waals surface area contributed by atoms with Gasteiger partial charge in [0.1, 0.15) is 5.82 Å². The fourth-order valence-corrected chi connectivity index (χ4v) is 2.55. The molecule has 0 bridgehead atoms. The van der Waals surface area contributed by atoms with Crippen LogP contribution in [0, 0.1) is 6.92 Å². The molecule has 1 aromatic rings. The summed E-state index contributed by atoms with van der Waals surface area (Å²) >= 11 is 1.51. The zero-order valence-corrected chi connectivity index (χ0v) is 9.47. The zero-order chi connectivity index (χ0) is 9.97. The summed E-state index contributed by atoms with van der Waals surface area (Å²) in [6, 6.07) is 0.580. The highest BCUT2D eigenvalue weighted by atomic mass is 32.1. The molecule has 2 heterocycles. The lowest BCUT2D eigenvalue weighted by Gasteiger charge is -2.35. The van der Waals surface area contributed by atoms with Crippen LogP contribution in [0.5, 0.6) is 0 Å². The smallest absolute Gasteiger partial charge is 0.205 e. The van der Waals surface area contributed by atoms with Gasteiger partial charge in [0.25, 0.3) is 0 Å². The summed E-state index contributed by atoms with van der Waals surface area (Å²) in [6.45, 7) is 7.33. The summed E-state index contributed by atoms with van der Waals surface area (Å²) in [5.41, 5.74) is 0. The number of aromatic nitrogens is 2. The number of hydrogen-bond acceptors (Lipinski definition) is 5. The first-order valence-electron chi connectivity index (χ1n) is 5.09. The molecule has 0 amide bonds. The molecule has 0 saturated carbocycles. The Morgan fingerprint density at radius 3 is 3.14 bits per heavy atom. The van der Waals surface area contributed by atoms with E-state index in [1.54, 1.807) is 0 Å². The average Bonchev–Trinajstić information content (AvgIpc) is 2.65. The Labute approximate surface area is 88.5 Å². The van der Waals surface area contributed by atoms with Crippen molar-refractivity contribution in [3.05, 3.63) is 5.82 Å². The number of anilines is 1. The fourth-order valence-electron chi connectivity index (χ4n) is 1.78. The summed E-state index contributed by atoms with van der Waals surface area (Å²) in [5.74, 6) is 0.887. The maximum atomic E-state index is 4.44. The third-order valence-electron chi connectivity index (χ3n) is 2.58. The maximum absolute atomic E-state index is 4.44. The van der Waals surface area contributed by atoms with E-state index in [9.17, 15) is 0 Å². The van der Waals surface area contributed by atoms with Crippen molar-refractivity contribution in [2.75, 3.05) is 24.5 Å². The van der Waals surface area contributed by atoms with Crippen LogP contribution < -0.4 is 10.2 Å². The van der Waals surface area contributed by atoms with Crippen LogP contribution in [0.1, 0.15) is 19.2 Å². The Hall–Kier alpha value is -0.680. The Kier molecular flexibility index (Phi) is 2.98. The van der Waals surface area contributed by atoms with Crippen LogP contribution in [-0.4, -0.2) is 35.0 Å². The molecule has 1 aromatic heterocycles. The highest BCUT2D eigenvalue weighted by molar-refractivity contribution is 7.09. The van der Waals surface area contributed by atoms with Crippen LogP contribution >= 0.6 is 11.5 Å². The minimum Gasteiger partial charge on any atom is -0.341 e. The number of nitrogens with one attached hydrogen (secondary N) is 1. The Bertz CT molecular complexity index is 299. The van der Waals surface area contributed by atoms with Gasteiger partial charge in [-0.25, -0.2) is 4.98 Å². The predicted molar refractivity (Wildman–Crippen MR) is 58.9 cm³/mol. The van der Waals surface area contributed by atoms with Gasteiger partial charge in [0.15, 0.2) is 0 Å². The minimum absolute atomic E-state index is 0.580. The molecule has 1 unspecified atom stereocenters. The van der Waals surface area contributed by atoms with Crippen molar-refractivity contribution < 1.29 is 0 Å². The van der Waals surface area contributed by atoms with E-state index in [-0.39, 0.29) is 0 Å². The van der Waals surface area contributed by atoms with Gasteiger partial charge in [-0.1, -0.05) is 6.92 Å². The lowest BCUT2D eigenvalue weighted by molar-refractivity contribution is 0.465. The molecule has 0 aromatic carbocycles. The van der Waals surface area contributed by atoms with Crippen molar-refractivity contribution in [1.29, 1.82) is 0 Å². The second kappa shape index (κ2) is 4.23. The largest absolute Gasteiger partial charge is 0.341 e. The molecule has 4 nitrogen and oxygen atoms in total. The minimum atomic E-state index is 0.580. The van der Waals surface area contributed by atoms with Gasteiger partial charge in [-0.15, -0.1) is 0 Å². The highest BCUT2D eigenvalue weighted by Crippen LogP contribution is 2.21. The third-order valence-corrected chi connectivity index (χ3v) is 3.43. The molecule has 0 radical (unpaired) electrons. The molecule has 0 spiro atoms. The quantitative estimate of drug-likeness (QED) is 0.795. The monoisotopic (exact) mass is 212 g/mol. The third kappa shape index (κ3) is 1.88. The van der Waals surface area contributed by atoms with Crippen molar-refractivity contribution in [3.8, 4) is 0 Å². The van der Waals surface area contributed by atoms with Gasteiger partial charge in [-0.2, -0.15) is 4.37 Å². The average molecular weight is 212 g/mol. The van der Waals surface area contributed by atoms with E-state index in [1.165, 1.54) is 11.5 Å². The zero-order valence-electron chi connectivity index (χ0n) is 8.66. The van der Waals surface area contributed by atoms with Gasteiger partial charge < -0.3 is 10.2 Å². The van der Waals surface area contributed by atoms with Crippen LogP contribution in [0.15, 0.2) is 0 Å². The lowest BCUT2D eigenvalue weighted by Crippen LogP contribution is -2.51. The molecule has 1 aliphatic heterocycles. The van der Waals surface area contributed by atoms with Gasteiger partial charge in [-0.3, -0.25) is 0 Å². The van der Waals surface area contributed by atoms with Crippen molar-refractivity contribution in [2.24, 2.45) is 0 Å². The molecule has 1 atom stereocenters. The van der Waals surface area contributed by atoms with E-state index in [1.807, 2.05) is 6.92 Å².